The minimum atomic E-state index is -0.0731. The zero-order valence-electron chi connectivity index (χ0n) is 21.6. The number of carbonyl (C=O) groups excluding carboxylic acids is 1. The largest absolute Gasteiger partial charge is 0.497 e. The second kappa shape index (κ2) is 13.3. The van der Waals surface area contributed by atoms with E-state index in [0.29, 0.717) is 24.5 Å². The summed E-state index contributed by atoms with van der Waals surface area (Å²) in [4.78, 5) is 17.3. The number of carbonyl (C=O) groups is 1. The lowest BCUT2D eigenvalue weighted by Gasteiger charge is -2.12. The lowest BCUT2D eigenvalue weighted by atomic mass is 10.1. The normalized spacial score (nSPS) is 10.9. The van der Waals surface area contributed by atoms with Gasteiger partial charge in [-0.05, 0) is 61.7 Å². The van der Waals surface area contributed by atoms with Crippen molar-refractivity contribution in [2.24, 2.45) is 0 Å². The van der Waals surface area contributed by atoms with Crippen LogP contribution in [0.3, 0.4) is 0 Å². The number of aryl methyl sites for hydroxylation is 2. The summed E-state index contributed by atoms with van der Waals surface area (Å²) in [5, 5.41) is 3.00. The molecule has 1 N–H and O–H groups in total. The molecule has 0 bridgehead atoms. The number of rotatable bonds is 14. The van der Waals surface area contributed by atoms with Crippen molar-refractivity contribution in [2.75, 3.05) is 27.4 Å². The molecule has 0 saturated carbocycles. The monoisotopic (exact) mass is 501 g/mol. The number of fused-ring (bicyclic) bond motifs is 1. The summed E-state index contributed by atoms with van der Waals surface area (Å²) in [5.74, 6) is 3.21. The van der Waals surface area contributed by atoms with E-state index in [4.69, 9.17) is 19.2 Å². The fraction of sp³-hybridized carbons (Fsp3) is 0.333. The Kier molecular flexibility index (Phi) is 9.41. The standard InChI is InChI=1S/C30H35N3O4/c1-35-24-13-10-12-23(22-24)30(34)31-19-9-3-4-18-29-32-25-14-5-6-15-26(25)33(29)20-11-21-37-28-17-8-7-16-27(28)36-2/h5-8,10,12-17,22H,3-4,9,11,18-21H2,1-2H3,(H,31,34). The summed E-state index contributed by atoms with van der Waals surface area (Å²) in [6.07, 6.45) is 4.70. The van der Waals surface area contributed by atoms with Gasteiger partial charge in [0.05, 0.1) is 31.9 Å². The fourth-order valence-corrected chi connectivity index (χ4v) is 4.36. The molecule has 0 spiro atoms. The Morgan fingerprint density at radius 2 is 1.68 bits per heavy atom. The molecule has 4 rings (SSSR count). The molecule has 194 valence electrons. The van der Waals surface area contributed by atoms with Gasteiger partial charge in [0.15, 0.2) is 11.5 Å². The number of nitrogens with zero attached hydrogens (tertiary/aromatic N) is 2. The maximum Gasteiger partial charge on any atom is 0.251 e. The molecule has 0 atom stereocenters. The van der Waals surface area contributed by atoms with Gasteiger partial charge >= 0.3 is 0 Å². The van der Waals surface area contributed by atoms with E-state index in [9.17, 15) is 4.79 Å². The molecule has 1 heterocycles. The maximum atomic E-state index is 12.4. The summed E-state index contributed by atoms with van der Waals surface area (Å²) in [6.45, 7) is 2.08. The lowest BCUT2D eigenvalue weighted by Crippen LogP contribution is -2.24. The molecule has 4 aromatic rings. The van der Waals surface area contributed by atoms with Gasteiger partial charge in [0.2, 0.25) is 0 Å². The fourth-order valence-electron chi connectivity index (χ4n) is 4.36. The summed E-state index contributed by atoms with van der Waals surface area (Å²) in [7, 11) is 3.25. The van der Waals surface area contributed by atoms with Gasteiger partial charge in [-0.25, -0.2) is 4.98 Å². The molecule has 1 aromatic heterocycles. The molecule has 7 nitrogen and oxygen atoms in total. The van der Waals surface area contributed by atoms with Crippen molar-refractivity contribution in [3.05, 3.63) is 84.2 Å². The van der Waals surface area contributed by atoms with E-state index in [0.717, 1.165) is 67.0 Å². The Labute approximate surface area is 218 Å². The van der Waals surface area contributed by atoms with Crippen molar-refractivity contribution in [3.63, 3.8) is 0 Å². The Hall–Kier alpha value is -4.00. The number of benzene rings is 3. The minimum Gasteiger partial charge on any atom is -0.497 e. The number of imidazole rings is 1. The first-order chi connectivity index (χ1) is 18.2. The number of unbranched alkanes of at least 4 members (excludes halogenated alkanes) is 2. The molecular weight excluding hydrogens is 466 g/mol. The third-order valence-electron chi connectivity index (χ3n) is 6.28. The van der Waals surface area contributed by atoms with E-state index in [1.54, 1.807) is 26.4 Å². The Bertz CT molecular complexity index is 1300. The predicted octanol–water partition coefficient (Wildman–Crippen LogP) is 5.67. The minimum absolute atomic E-state index is 0.0731. The van der Waals surface area contributed by atoms with Crippen LogP contribution in [0.4, 0.5) is 0 Å². The molecule has 1 amide bonds. The molecule has 0 aliphatic carbocycles. The molecule has 3 aromatic carbocycles. The van der Waals surface area contributed by atoms with E-state index in [1.807, 2.05) is 42.5 Å². The van der Waals surface area contributed by atoms with Crippen molar-refractivity contribution in [1.29, 1.82) is 0 Å². The quantitative estimate of drug-likeness (QED) is 0.226. The molecule has 0 radical (unpaired) electrons. The van der Waals surface area contributed by atoms with Gasteiger partial charge in [-0.3, -0.25) is 4.79 Å². The zero-order chi connectivity index (χ0) is 25.9. The summed E-state index contributed by atoms with van der Waals surface area (Å²) < 4.78 is 18.8. The van der Waals surface area contributed by atoms with Gasteiger partial charge in [-0.2, -0.15) is 0 Å². The molecule has 0 saturated heterocycles. The molecule has 0 unspecified atom stereocenters. The van der Waals surface area contributed by atoms with Crippen molar-refractivity contribution >= 4 is 16.9 Å². The predicted molar refractivity (Wildman–Crippen MR) is 146 cm³/mol. The highest BCUT2D eigenvalue weighted by atomic mass is 16.5. The van der Waals surface area contributed by atoms with Gasteiger partial charge in [0.25, 0.3) is 5.91 Å². The number of hydrogen-bond acceptors (Lipinski definition) is 5. The molecule has 0 aliphatic heterocycles. The van der Waals surface area contributed by atoms with Gasteiger partial charge in [-0.15, -0.1) is 0 Å². The Morgan fingerprint density at radius 3 is 2.51 bits per heavy atom. The van der Waals surface area contributed by atoms with Gasteiger partial charge < -0.3 is 24.1 Å². The van der Waals surface area contributed by atoms with Gasteiger partial charge in [0.1, 0.15) is 11.6 Å². The number of hydrogen-bond donors (Lipinski definition) is 1. The second-order valence-corrected chi connectivity index (χ2v) is 8.82. The third-order valence-corrected chi connectivity index (χ3v) is 6.28. The highest BCUT2D eigenvalue weighted by Crippen LogP contribution is 2.26. The third kappa shape index (κ3) is 7.03. The van der Waals surface area contributed by atoms with E-state index in [1.165, 1.54) is 0 Å². The number of amides is 1. The molecule has 37 heavy (non-hydrogen) atoms. The number of methoxy groups -OCH3 is 2. The van der Waals surface area contributed by atoms with E-state index in [-0.39, 0.29) is 5.91 Å². The molecule has 0 fully saturated rings. The van der Waals surface area contributed by atoms with Gasteiger partial charge in [-0.1, -0.05) is 36.8 Å². The average Bonchev–Trinajstić information content (AvgIpc) is 3.30. The van der Waals surface area contributed by atoms with Crippen LogP contribution in [0.15, 0.2) is 72.8 Å². The van der Waals surface area contributed by atoms with Crippen molar-refractivity contribution < 1.29 is 19.0 Å². The molecule has 7 heteroatoms. The van der Waals surface area contributed by atoms with E-state index in [2.05, 4.69) is 28.1 Å². The van der Waals surface area contributed by atoms with Gasteiger partial charge in [0, 0.05) is 25.1 Å². The van der Waals surface area contributed by atoms with Crippen LogP contribution < -0.4 is 19.5 Å². The topological polar surface area (TPSA) is 74.6 Å². The van der Waals surface area contributed by atoms with Crippen molar-refractivity contribution in [1.82, 2.24) is 14.9 Å². The summed E-state index contributed by atoms with van der Waals surface area (Å²) in [5.41, 5.74) is 2.79. The lowest BCUT2D eigenvalue weighted by molar-refractivity contribution is 0.0952. The smallest absolute Gasteiger partial charge is 0.251 e. The first-order valence-electron chi connectivity index (χ1n) is 12.8. The van der Waals surface area contributed by atoms with E-state index < -0.39 is 0 Å². The molecule has 0 aliphatic rings. The Morgan fingerprint density at radius 1 is 0.865 bits per heavy atom. The van der Waals surface area contributed by atoms with Crippen LogP contribution in [-0.4, -0.2) is 42.8 Å². The highest BCUT2D eigenvalue weighted by molar-refractivity contribution is 5.94. The maximum absolute atomic E-state index is 12.4. The Balaban J connectivity index is 1.25. The SMILES string of the molecule is COc1cccc(C(=O)NCCCCCc2nc3ccccc3n2CCCOc2ccccc2OC)c1. The van der Waals surface area contributed by atoms with Crippen LogP contribution in [-0.2, 0) is 13.0 Å². The highest BCUT2D eigenvalue weighted by Gasteiger charge is 2.11. The summed E-state index contributed by atoms with van der Waals surface area (Å²) in [6, 6.07) is 23.2. The van der Waals surface area contributed by atoms with Crippen LogP contribution in [0.2, 0.25) is 0 Å². The number of nitrogens with one attached hydrogen (secondary N) is 1. The van der Waals surface area contributed by atoms with Crippen LogP contribution in [0.1, 0.15) is 41.9 Å². The average molecular weight is 502 g/mol. The number of para-hydroxylation sites is 4. The number of ether oxygens (including phenoxy) is 3. The van der Waals surface area contributed by atoms with Crippen LogP contribution in [0.5, 0.6) is 17.2 Å². The van der Waals surface area contributed by atoms with E-state index >= 15 is 0 Å². The van der Waals surface area contributed by atoms with Crippen molar-refractivity contribution in [2.45, 2.75) is 38.6 Å². The summed E-state index contributed by atoms with van der Waals surface area (Å²) >= 11 is 0. The number of aromatic nitrogens is 2. The first kappa shape index (κ1) is 26.1. The second-order valence-electron chi connectivity index (χ2n) is 8.82. The van der Waals surface area contributed by atoms with Crippen LogP contribution in [0, 0.1) is 0 Å². The van der Waals surface area contributed by atoms with Crippen LogP contribution in [0.25, 0.3) is 11.0 Å². The molecular formula is C30H35N3O4. The van der Waals surface area contributed by atoms with Crippen LogP contribution >= 0.6 is 0 Å². The van der Waals surface area contributed by atoms with Crippen molar-refractivity contribution in [3.8, 4) is 17.2 Å². The zero-order valence-corrected chi connectivity index (χ0v) is 21.6. The first-order valence-corrected chi connectivity index (χ1v) is 12.8.